The standard InChI is InChI=1S/C19H17Cl2N3O/c1-11-6-12(2)18(13(3)7-11)24-19(25)14(9-22)10-23-15-4-5-16(20)17(21)8-15/h4-8,10,23H,1-3H3,(H,24,25)/b14-10-. The number of hydrogen-bond acceptors (Lipinski definition) is 3. The SMILES string of the molecule is Cc1cc(C)c(NC(=O)/C(C#N)=C\Nc2ccc(Cl)c(Cl)c2)c(C)c1. The number of nitrogens with zero attached hydrogens (tertiary/aromatic N) is 1. The molecule has 2 aromatic rings. The van der Waals surface area contributed by atoms with Crippen molar-refractivity contribution < 1.29 is 4.79 Å². The maximum absolute atomic E-state index is 12.4. The molecule has 0 radical (unpaired) electrons. The second kappa shape index (κ2) is 8.06. The van der Waals surface area contributed by atoms with E-state index in [1.165, 1.54) is 6.20 Å². The number of aryl methyl sites for hydroxylation is 3. The third kappa shape index (κ3) is 4.76. The van der Waals surface area contributed by atoms with E-state index in [0.717, 1.165) is 16.7 Å². The van der Waals surface area contributed by atoms with Crippen molar-refractivity contribution in [1.82, 2.24) is 0 Å². The van der Waals surface area contributed by atoms with Crippen LogP contribution >= 0.6 is 23.2 Å². The van der Waals surface area contributed by atoms with Gasteiger partial charge in [-0.1, -0.05) is 40.9 Å². The first-order chi connectivity index (χ1) is 11.8. The van der Waals surface area contributed by atoms with Gasteiger partial charge < -0.3 is 10.6 Å². The van der Waals surface area contributed by atoms with Gasteiger partial charge in [-0.05, 0) is 50.1 Å². The van der Waals surface area contributed by atoms with E-state index in [1.807, 2.05) is 39.0 Å². The largest absolute Gasteiger partial charge is 0.360 e. The lowest BCUT2D eigenvalue weighted by Crippen LogP contribution is -2.16. The van der Waals surface area contributed by atoms with Crippen LogP contribution in [0.4, 0.5) is 11.4 Å². The minimum absolute atomic E-state index is 0.0505. The summed E-state index contributed by atoms with van der Waals surface area (Å²) in [5, 5.41) is 15.8. The van der Waals surface area contributed by atoms with Crippen molar-refractivity contribution in [2.45, 2.75) is 20.8 Å². The highest BCUT2D eigenvalue weighted by atomic mass is 35.5. The van der Waals surface area contributed by atoms with E-state index in [-0.39, 0.29) is 5.57 Å². The van der Waals surface area contributed by atoms with Crippen LogP contribution in [-0.4, -0.2) is 5.91 Å². The van der Waals surface area contributed by atoms with Crippen molar-refractivity contribution in [3.05, 3.63) is 68.8 Å². The van der Waals surface area contributed by atoms with Gasteiger partial charge in [0.2, 0.25) is 0 Å². The van der Waals surface area contributed by atoms with Gasteiger partial charge in [0, 0.05) is 17.6 Å². The van der Waals surface area contributed by atoms with E-state index in [2.05, 4.69) is 10.6 Å². The van der Waals surface area contributed by atoms with Gasteiger partial charge in [-0.3, -0.25) is 4.79 Å². The first-order valence-corrected chi connectivity index (χ1v) is 8.28. The number of benzene rings is 2. The van der Waals surface area contributed by atoms with Crippen molar-refractivity contribution in [3.8, 4) is 6.07 Å². The molecule has 0 spiro atoms. The van der Waals surface area contributed by atoms with Crippen LogP contribution in [0.5, 0.6) is 0 Å². The Kier molecular flexibility index (Phi) is 6.08. The van der Waals surface area contributed by atoms with Crippen LogP contribution in [0.2, 0.25) is 10.0 Å². The number of hydrogen-bond donors (Lipinski definition) is 2. The predicted molar refractivity (Wildman–Crippen MR) is 103 cm³/mol. The summed E-state index contributed by atoms with van der Waals surface area (Å²) in [7, 11) is 0. The molecule has 0 aliphatic carbocycles. The molecule has 2 N–H and O–H groups in total. The molecule has 0 atom stereocenters. The Morgan fingerprint density at radius 3 is 2.28 bits per heavy atom. The van der Waals surface area contributed by atoms with Gasteiger partial charge in [0.05, 0.1) is 10.0 Å². The molecule has 0 saturated carbocycles. The van der Waals surface area contributed by atoms with E-state index in [9.17, 15) is 10.1 Å². The predicted octanol–water partition coefficient (Wildman–Crippen LogP) is 5.38. The first-order valence-electron chi connectivity index (χ1n) is 7.53. The van der Waals surface area contributed by atoms with E-state index < -0.39 is 5.91 Å². The minimum Gasteiger partial charge on any atom is -0.360 e. The smallest absolute Gasteiger partial charge is 0.267 e. The third-order valence-corrected chi connectivity index (χ3v) is 4.32. The van der Waals surface area contributed by atoms with Crippen LogP contribution in [0, 0.1) is 32.1 Å². The molecule has 0 unspecified atom stereocenters. The van der Waals surface area contributed by atoms with Gasteiger partial charge in [-0.25, -0.2) is 0 Å². The lowest BCUT2D eigenvalue weighted by atomic mass is 10.0. The Bertz CT molecular complexity index is 875. The third-order valence-electron chi connectivity index (χ3n) is 3.58. The van der Waals surface area contributed by atoms with Gasteiger partial charge in [0.15, 0.2) is 0 Å². The molecule has 2 rings (SSSR count). The molecule has 0 saturated heterocycles. The Morgan fingerprint density at radius 2 is 1.72 bits per heavy atom. The van der Waals surface area contributed by atoms with Crippen LogP contribution in [0.1, 0.15) is 16.7 Å². The second-order valence-corrected chi connectivity index (χ2v) is 6.49. The number of anilines is 2. The summed E-state index contributed by atoms with van der Waals surface area (Å²) in [6.45, 7) is 5.83. The van der Waals surface area contributed by atoms with Gasteiger partial charge in [-0.2, -0.15) is 5.26 Å². The summed E-state index contributed by atoms with van der Waals surface area (Å²) in [5.74, 6) is -0.481. The Morgan fingerprint density at radius 1 is 1.08 bits per heavy atom. The number of rotatable bonds is 4. The van der Waals surface area contributed by atoms with Gasteiger partial charge in [0.1, 0.15) is 11.6 Å². The van der Waals surface area contributed by atoms with Crippen molar-refractivity contribution in [2.75, 3.05) is 10.6 Å². The Balaban J connectivity index is 2.18. The van der Waals surface area contributed by atoms with Crippen molar-refractivity contribution in [3.63, 3.8) is 0 Å². The highest BCUT2D eigenvalue weighted by Crippen LogP contribution is 2.25. The molecular weight excluding hydrogens is 357 g/mol. The summed E-state index contributed by atoms with van der Waals surface area (Å²) in [6.07, 6.45) is 1.34. The number of halogens is 2. The number of nitrogens with one attached hydrogen (secondary N) is 2. The van der Waals surface area contributed by atoms with E-state index in [1.54, 1.807) is 18.2 Å². The monoisotopic (exact) mass is 373 g/mol. The Labute approximate surface area is 157 Å². The van der Waals surface area contributed by atoms with Crippen molar-refractivity contribution >= 4 is 40.5 Å². The second-order valence-electron chi connectivity index (χ2n) is 5.67. The van der Waals surface area contributed by atoms with E-state index >= 15 is 0 Å². The molecule has 6 heteroatoms. The minimum atomic E-state index is -0.481. The molecule has 0 aliphatic rings. The summed E-state index contributed by atoms with van der Waals surface area (Å²) >= 11 is 11.8. The van der Waals surface area contributed by atoms with Gasteiger partial charge in [-0.15, -0.1) is 0 Å². The quantitative estimate of drug-likeness (QED) is 0.558. The average Bonchev–Trinajstić information content (AvgIpc) is 2.54. The van der Waals surface area contributed by atoms with E-state index in [4.69, 9.17) is 23.2 Å². The fraction of sp³-hybridized carbons (Fsp3) is 0.158. The number of amides is 1. The normalized spacial score (nSPS) is 11.0. The lowest BCUT2D eigenvalue weighted by Gasteiger charge is -2.12. The van der Waals surface area contributed by atoms with E-state index in [0.29, 0.717) is 21.4 Å². The summed E-state index contributed by atoms with van der Waals surface area (Å²) < 4.78 is 0. The first kappa shape index (κ1) is 18.9. The molecule has 0 fully saturated rings. The molecule has 0 aliphatic heterocycles. The highest BCUT2D eigenvalue weighted by molar-refractivity contribution is 6.42. The maximum Gasteiger partial charge on any atom is 0.267 e. The van der Waals surface area contributed by atoms with Crippen LogP contribution in [0.15, 0.2) is 42.1 Å². The molecule has 0 aromatic heterocycles. The molecule has 0 bridgehead atoms. The maximum atomic E-state index is 12.4. The van der Waals surface area contributed by atoms with Crippen LogP contribution in [0.25, 0.3) is 0 Å². The summed E-state index contributed by atoms with van der Waals surface area (Å²) in [4.78, 5) is 12.4. The molecule has 4 nitrogen and oxygen atoms in total. The zero-order chi connectivity index (χ0) is 18.6. The summed E-state index contributed by atoms with van der Waals surface area (Å²) in [6, 6.07) is 10.8. The zero-order valence-corrected chi connectivity index (χ0v) is 15.6. The molecule has 1 amide bonds. The van der Waals surface area contributed by atoms with Crippen molar-refractivity contribution in [2.24, 2.45) is 0 Å². The Hall–Kier alpha value is -2.48. The molecule has 25 heavy (non-hydrogen) atoms. The molecule has 0 heterocycles. The van der Waals surface area contributed by atoms with Crippen LogP contribution < -0.4 is 10.6 Å². The molecular formula is C19H17Cl2N3O. The molecule has 2 aromatic carbocycles. The zero-order valence-electron chi connectivity index (χ0n) is 14.1. The van der Waals surface area contributed by atoms with Crippen LogP contribution in [-0.2, 0) is 4.79 Å². The van der Waals surface area contributed by atoms with Crippen LogP contribution in [0.3, 0.4) is 0 Å². The number of carbonyl (C=O) groups excluding carboxylic acids is 1. The summed E-state index contributed by atoms with van der Waals surface area (Å²) in [5.41, 5.74) is 4.29. The average molecular weight is 374 g/mol. The number of carbonyl (C=O) groups is 1. The highest BCUT2D eigenvalue weighted by Gasteiger charge is 2.13. The van der Waals surface area contributed by atoms with Gasteiger partial charge in [0.25, 0.3) is 5.91 Å². The fourth-order valence-electron chi connectivity index (χ4n) is 2.45. The van der Waals surface area contributed by atoms with Gasteiger partial charge >= 0.3 is 0 Å². The fourth-order valence-corrected chi connectivity index (χ4v) is 2.75. The topological polar surface area (TPSA) is 64.9 Å². The van der Waals surface area contributed by atoms with Crippen molar-refractivity contribution in [1.29, 1.82) is 5.26 Å². The lowest BCUT2D eigenvalue weighted by molar-refractivity contribution is -0.112. The number of nitriles is 1. The molecule has 128 valence electrons.